The van der Waals surface area contributed by atoms with Gasteiger partial charge in [0.2, 0.25) is 0 Å². The molecule has 0 saturated heterocycles. The first-order valence-electron chi connectivity index (χ1n) is 18.8. The number of ketones is 1. The lowest BCUT2D eigenvalue weighted by molar-refractivity contribution is -0.205. The van der Waals surface area contributed by atoms with Crippen LogP contribution in [0.25, 0.3) is 0 Å². The number of carbonyl (C=O) groups is 3. The molecule has 0 amide bonds. The molecule has 5 heteroatoms. The Bertz CT molecular complexity index is 1640. The Morgan fingerprint density at radius 3 is 1.98 bits per heavy atom. The van der Waals surface area contributed by atoms with E-state index in [9.17, 15) is 19.5 Å². The number of allylic oxidation sites excluding steroid dienone is 2. The summed E-state index contributed by atoms with van der Waals surface area (Å²) in [6.07, 6.45) is 9.37. The summed E-state index contributed by atoms with van der Waals surface area (Å²) < 4.78 is 6.51. The zero-order chi connectivity index (χ0) is 35.2. The van der Waals surface area contributed by atoms with E-state index in [0.29, 0.717) is 6.42 Å². The first kappa shape index (κ1) is 34.2. The zero-order valence-corrected chi connectivity index (χ0v) is 30.7. The van der Waals surface area contributed by atoms with Crippen molar-refractivity contribution in [3.05, 3.63) is 83.4 Å². The fourth-order valence-electron chi connectivity index (χ4n) is 12.4. The van der Waals surface area contributed by atoms with Crippen LogP contribution in [0.2, 0.25) is 0 Å². The summed E-state index contributed by atoms with van der Waals surface area (Å²) >= 11 is 0. The van der Waals surface area contributed by atoms with Gasteiger partial charge >= 0.3 is 11.9 Å². The van der Waals surface area contributed by atoms with Crippen LogP contribution in [-0.4, -0.2) is 22.8 Å². The van der Waals surface area contributed by atoms with Crippen molar-refractivity contribution in [2.24, 2.45) is 56.2 Å². The first-order valence-corrected chi connectivity index (χ1v) is 18.8. The fourth-order valence-corrected chi connectivity index (χ4v) is 12.4. The molecule has 1 N–H and O–H groups in total. The summed E-state index contributed by atoms with van der Waals surface area (Å²) in [4.78, 5) is 42.1. The molecule has 0 spiro atoms. The third-order valence-electron chi connectivity index (χ3n) is 16.1. The Morgan fingerprint density at radius 1 is 0.796 bits per heavy atom. The monoisotopic (exact) mass is 664 g/mol. The van der Waals surface area contributed by atoms with Crippen LogP contribution in [0.5, 0.6) is 0 Å². The third kappa shape index (κ3) is 4.79. The molecule has 4 saturated carbocycles. The highest BCUT2D eigenvalue weighted by Crippen LogP contribution is 2.75. The minimum Gasteiger partial charge on any atom is -0.481 e. The van der Waals surface area contributed by atoms with Gasteiger partial charge in [-0.2, -0.15) is 0 Å². The van der Waals surface area contributed by atoms with Crippen molar-refractivity contribution in [1.82, 2.24) is 0 Å². The van der Waals surface area contributed by atoms with Crippen LogP contribution in [0.3, 0.4) is 0 Å². The number of rotatable bonds is 5. The van der Waals surface area contributed by atoms with Gasteiger partial charge in [-0.3, -0.25) is 14.4 Å². The summed E-state index contributed by atoms with van der Waals surface area (Å²) in [7, 11) is 0. The molecule has 5 aliphatic carbocycles. The molecule has 0 radical (unpaired) electrons. The molecule has 49 heavy (non-hydrogen) atoms. The van der Waals surface area contributed by atoms with E-state index in [1.54, 1.807) is 0 Å². The number of hydrogen-bond acceptors (Lipinski definition) is 4. The molecule has 10 atom stereocenters. The van der Waals surface area contributed by atoms with E-state index >= 15 is 0 Å². The van der Waals surface area contributed by atoms with Crippen LogP contribution >= 0.6 is 0 Å². The van der Waals surface area contributed by atoms with Crippen molar-refractivity contribution in [2.75, 3.05) is 0 Å². The average molecular weight is 665 g/mol. The second kappa shape index (κ2) is 11.4. The van der Waals surface area contributed by atoms with Gasteiger partial charge in [-0.05, 0) is 128 Å². The zero-order valence-electron chi connectivity index (χ0n) is 30.7. The number of carboxylic acid groups (broad SMARTS) is 1. The number of carbonyl (C=O) groups excluding carboxylic acids is 2. The topological polar surface area (TPSA) is 80.7 Å². The van der Waals surface area contributed by atoms with Gasteiger partial charge in [0, 0.05) is 5.92 Å². The molecule has 262 valence electrons. The standard InChI is InChI=1S/C44H56O5/c1-28-18-20-41(4)34(44(28,7)37(46)47)19-21-43(6)36(41)33(45)26-31-32-27-40(3,23-22-39(32,2)24-25-42(31,43)5)38(48)49-35(29-14-10-8-11-15-29)30-16-12-9-13-17-30/h8-17,26,28,32,34-36H,18-25,27H2,1-7H3,(H,46,47)/t28-,32-,34+,36+,39+,40-,41-,42+,43+,44+/m0/s1. The molecule has 0 aromatic heterocycles. The van der Waals surface area contributed by atoms with Gasteiger partial charge in [0.05, 0.1) is 10.8 Å². The van der Waals surface area contributed by atoms with Crippen LogP contribution in [0.15, 0.2) is 72.3 Å². The lowest BCUT2D eigenvalue weighted by atomic mass is 9.33. The van der Waals surface area contributed by atoms with E-state index in [4.69, 9.17) is 4.74 Å². The van der Waals surface area contributed by atoms with Gasteiger partial charge in [0.15, 0.2) is 11.9 Å². The SMILES string of the molecule is C[C@H]1CC[C@@]2(C)[C@@H](CC[C@]3(C)[C@@H]2C(=O)C=C2[C@@H]4C[C@@](C)(C(=O)OC(c5ccccc5)c5ccccc5)CC[C@]4(C)CC[C@]23C)[C@]1(C)C(=O)O. The van der Waals surface area contributed by atoms with Gasteiger partial charge in [-0.15, -0.1) is 0 Å². The molecule has 5 aliphatic rings. The Labute approximate surface area is 293 Å². The molecule has 0 aliphatic heterocycles. The summed E-state index contributed by atoms with van der Waals surface area (Å²) in [5, 5.41) is 10.6. The molecule has 0 heterocycles. The van der Waals surface area contributed by atoms with Gasteiger partial charge < -0.3 is 9.84 Å². The number of fused-ring (bicyclic) bond motifs is 7. The maximum Gasteiger partial charge on any atom is 0.312 e. The Hall–Kier alpha value is -3.21. The molecule has 0 unspecified atom stereocenters. The van der Waals surface area contributed by atoms with Gasteiger partial charge in [0.25, 0.3) is 0 Å². The molecule has 4 fully saturated rings. The van der Waals surface area contributed by atoms with Crippen molar-refractivity contribution in [1.29, 1.82) is 0 Å². The molecule has 0 bridgehead atoms. The average Bonchev–Trinajstić information content (AvgIpc) is 3.07. The predicted octanol–water partition coefficient (Wildman–Crippen LogP) is 10.0. The van der Waals surface area contributed by atoms with Gasteiger partial charge in [0.1, 0.15) is 0 Å². The smallest absolute Gasteiger partial charge is 0.312 e. The van der Waals surface area contributed by atoms with E-state index in [2.05, 4.69) is 41.5 Å². The van der Waals surface area contributed by atoms with Crippen LogP contribution < -0.4 is 0 Å². The second-order valence-corrected chi connectivity index (χ2v) is 18.4. The predicted molar refractivity (Wildman–Crippen MR) is 191 cm³/mol. The summed E-state index contributed by atoms with van der Waals surface area (Å²) in [5.41, 5.74) is 0.796. The summed E-state index contributed by atoms with van der Waals surface area (Å²) in [6.45, 7) is 15.6. The quantitative estimate of drug-likeness (QED) is 0.322. The largest absolute Gasteiger partial charge is 0.481 e. The van der Waals surface area contributed by atoms with E-state index in [1.165, 1.54) is 5.57 Å². The highest BCUT2D eigenvalue weighted by molar-refractivity contribution is 5.96. The van der Waals surface area contributed by atoms with Crippen LogP contribution in [-0.2, 0) is 19.1 Å². The first-order chi connectivity index (χ1) is 23.0. The number of benzene rings is 2. The molecule has 2 aromatic rings. The number of hydrogen-bond donors (Lipinski definition) is 1. The van der Waals surface area contributed by atoms with Gasteiger partial charge in [-0.25, -0.2) is 0 Å². The van der Waals surface area contributed by atoms with E-state index < -0.39 is 22.9 Å². The van der Waals surface area contributed by atoms with Crippen LogP contribution in [0.4, 0.5) is 0 Å². The molecular formula is C44H56O5. The van der Waals surface area contributed by atoms with Crippen molar-refractivity contribution < 1.29 is 24.2 Å². The minimum absolute atomic E-state index is 0.0100. The highest BCUT2D eigenvalue weighted by Gasteiger charge is 2.71. The van der Waals surface area contributed by atoms with Crippen molar-refractivity contribution in [3.8, 4) is 0 Å². The summed E-state index contributed by atoms with van der Waals surface area (Å²) in [6, 6.07) is 20.0. The molecule has 2 aromatic carbocycles. The fraction of sp³-hybridized carbons (Fsp3) is 0.614. The number of aliphatic carboxylic acids is 1. The maximum atomic E-state index is 14.8. The molecule has 7 rings (SSSR count). The van der Waals surface area contributed by atoms with Crippen molar-refractivity contribution >= 4 is 17.7 Å². The Balaban J connectivity index is 1.23. The van der Waals surface area contributed by atoms with Crippen molar-refractivity contribution in [3.63, 3.8) is 0 Å². The second-order valence-electron chi connectivity index (χ2n) is 18.4. The number of ether oxygens (including phenoxy) is 1. The maximum absolute atomic E-state index is 14.8. The minimum atomic E-state index is -0.840. The number of esters is 1. The Morgan fingerprint density at radius 2 is 1.39 bits per heavy atom. The highest BCUT2D eigenvalue weighted by atomic mass is 16.5. The van der Waals surface area contributed by atoms with Crippen LogP contribution in [0.1, 0.15) is 123 Å². The van der Waals surface area contributed by atoms with E-state index in [1.807, 2.05) is 73.7 Å². The molecular weight excluding hydrogens is 608 g/mol. The van der Waals surface area contributed by atoms with E-state index in [-0.39, 0.29) is 57.1 Å². The van der Waals surface area contributed by atoms with Crippen molar-refractivity contribution in [2.45, 2.75) is 112 Å². The van der Waals surface area contributed by atoms with Gasteiger partial charge in [-0.1, -0.05) is 101 Å². The van der Waals surface area contributed by atoms with Crippen LogP contribution in [0, 0.1) is 56.2 Å². The number of carboxylic acids is 1. The normalized spacial score (nSPS) is 42.9. The lowest BCUT2D eigenvalue weighted by Crippen LogP contribution is -2.67. The molecule has 5 nitrogen and oxygen atoms in total. The van der Waals surface area contributed by atoms with E-state index in [0.717, 1.165) is 62.5 Å². The third-order valence-corrected chi connectivity index (χ3v) is 16.1. The Kier molecular flexibility index (Phi) is 7.97. The lowest BCUT2D eigenvalue weighted by Gasteiger charge is -2.70. The summed E-state index contributed by atoms with van der Waals surface area (Å²) in [5.74, 6) is -0.751.